The van der Waals surface area contributed by atoms with E-state index in [0.717, 1.165) is 33.6 Å². The molecule has 0 saturated heterocycles. The Kier molecular flexibility index (Phi) is 5.67. The molecule has 0 aliphatic carbocycles. The molecule has 0 radical (unpaired) electrons. The van der Waals surface area contributed by atoms with Crippen LogP contribution in [0.25, 0.3) is 5.70 Å². The number of tetrazole rings is 1. The van der Waals surface area contributed by atoms with E-state index in [0.29, 0.717) is 5.95 Å². The lowest BCUT2D eigenvalue weighted by Crippen LogP contribution is -2.37. The van der Waals surface area contributed by atoms with Crippen LogP contribution in [-0.4, -0.2) is 32.7 Å². The third kappa shape index (κ3) is 4.32. The van der Waals surface area contributed by atoms with Crippen molar-refractivity contribution < 1.29 is 4.79 Å². The molecule has 1 amide bonds. The zero-order valence-electron chi connectivity index (χ0n) is 19.4. The van der Waals surface area contributed by atoms with E-state index in [4.69, 9.17) is 0 Å². The van der Waals surface area contributed by atoms with Crippen molar-refractivity contribution in [3.8, 4) is 0 Å². The van der Waals surface area contributed by atoms with Gasteiger partial charge in [-0.15, -0.1) is 0 Å². The maximum absolute atomic E-state index is 13.1. The molecule has 1 aliphatic heterocycles. The summed E-state index contributed by atoms with van der Waals surface area (Å²) in [5.74, 6) is 0.387. The minimum atomic E-state index is -0.181. The van der Waals surface area contributed by atoms with Crippen molar-refractivity contribution in [1.29, 1.82) is 0 Å². The highest BCUT2D eigenvalue weighted by atomic mass is 16.2. The number of carbonyl (C=O) groups is 1. The van der Waals surface area contributed by atoms with Crippen LogP contribution in [0.3, 0.4) is 0 Å². The van der Waals surface area contributed by atoms with E-state index in [9.17, 15) is 4.79 Å². The van der Waals surface area contributed by atoms with Crippen LogP contribution in [0.15, 0.2) is 78.9 Å². The third-order valence-electron chi connectivity index (χ3n) is 5.88. The van der Waals surface area contributed by atoms with Crippen LogP contribution in [0.2, 0.25) is 0 Å². The summed E-state index contributed by atoms with van der Waals surface area (Å²) in [4.78, 5) is 15.0. The first-order chi connectivity index (χ1) is 16.5. The molecule has 3 aromatic carbocycles. The van der Waals surface area contributed by atoms with Gasteiger partial charge in [0.15, 0.2) is 0 Å². The second-order valence-electron chi connectivity index (χ2n) is 8.71. The largest absolute Gasteiger partial charge is 0.325 e. The van der Waals surface area contributed by atoms with E-state index in [1.165, 1.54) is 5.56 Å². The Bertz CT molecular complexity index is 1340. The maximum Gasteiger partial charge on any atom is 0.251 e. The molecule has 0 fully saturated rings. The molecule has 1 N–H and O–H groups in total. The maximum atomic E-state index is 13.1. The first-order valence-electron chi connectivity index (χ1n) is 11.3. The van der Waals surface area contributed by atoms with Gasteiger partial charge in [0.1, 0.15) is 12.6 Å². The zero-order valence-corrected chi connectivity index (χ0v) is 19.4. The van der Waals surface area contributed by atoms with Crippen molar-refractivity contribution in [2.75, 3.05) is 16.8 Å². The van der Waals surface area contributed by atoms with Crippen LogP contribution in [0.5, 0.6) is 0 Å². The number of nitrogens with one attached hydrogen (secondary N) is 1. The number of aromatic nitrogens is 4. The number of benzene rings is 3. The van der Waals surface area contributed by atoms with E-state index in [-0.39, 0.29) is 18.5 Å². The molecule has 0 spiro atoms. The number of hydrogen-bond donors (Lipinski definition) is 1. The van der Waals surface area contributed by atoms with Crippen molar-refractivity contribution in [3.63, 3.8) is 0 Å². The predicted molar refractivity (Wildman–Crippen MR) is 133 cm³/mol. The molecule has 170 valence electrons. The van der Waals surface area contributed by atoms with E-state index >= 15 is 0 Å². The number of allylic oxidation sites excluding steroid dienone is 1. The molecule has 1 atom stereocenters. The van der Waals surface area contributed by atoms with Crippen LogP contribution < -0.4 is 10.2 Å². The van der Waals surface area contributed by atoms with Crippen molar-refractivity contribution >= 4 is 23.2 Å². The molecule has 0 saturated carbocycles. The second kappa shape index (κ2) is 8.94. The average molecular weight is 451 g/mol. The Hall–Kier alpha value is -4.26. The zero-order chi connectivity index (χ0) is 23.7. The molecule has 0 unspecified atom stereocenters. The van der Waals surface area contributed by atoms with Gasteiger partial charge >= 0.3 is 0 Å². The summed E-state index contributed by atoms with van der Waals surface area (Å²) in [6.45, 7) is 6.18. The Labute approximate surface area is 198 Å². The van der Waals surface area contributed by atoms with Crippen LogP contribution in [0.1, 0.15) is 33.9 Å². The number of carbonyl (C=O) groups excluding carboxylic acids is 1. The van der Waals surface area contributed by atoms with Crippen molar-refractivity contribution in [3.05, 3.63) is 107 Å². The first kappa shape index (κ1) is 21.6. The molecule has 34 heavy (non-hydrogen) atoms. The van der Waals surface area contributed by atoms with Gasteiger partial charge in [-0.3, -0.25) is 9.69 Å². The van der Waals surface area contributed by atoms with Gasteiger partial charge in [-0.05, 0) is 71.7 Å². The number of anilines is 2. The predicted octanol–water partition coefficient (Wildman–Crippen LogP) is 4.69. The normalized spacial score (nSPS) is 15.0. The first-order valence-corrected chi connectivity index (χ1v) is 11.3. The molecule has 7 nitrogen and oxygen atoms in total. The van der Waals surface area contributed by atoms with Gasteiger partial charge in [-0.2, -0.15) is 4.68 Å². The van der Waals surface area contributed by atoms with Gasteiger partial charge in [-0.25, -0.2) is 0 Å². The minimum absolute atomic E-state index is 0.0781. The standard InChI is InChI=1S/C27H26N6O/c1-18-9-11-22(12-10-18)25-16-24(21-7-5-4-6-8-21)32(27-29-30-31-33(25)27)17-26(34)28-23-14-19(2)13-20(3)15-23/h4-16,25H,17H2,1-3H3,(H,28,34)/t25-/m0/s1. The highest BCUT2D eigenvalue weighted by molar-refractivity contribution is 5.97. The van der Waals surface area contributed by atoms with Crippen molar-refractivity contribution in [2.45, 2.75) is 26.8 Å². The molecular weight excluding hydrogens is 424 g/mol. The van der Waals surface area contributed by atoms with Crippen molar-refractivity contribution in [1.82, 2.24) is 20.2 Å². The number of aryl methyl sites for hydroxylation is 3. The molecule has 5 rings (SSSR count). The minimum Gasteiger partial charge on any atom is -0.325 e. The Balaban J connectivity index is 1.52. The molecule has 0 bridgehead atoms. The van der Waals surface area contributed by atoms with Gasteiger partial charge in [-0.1, -0.05) is 71.3 Å². The summed E-state index contributed by atoms with van der Waals surface area (Å²) in [6.07, 6.45) is 2.12. The molecule has 2 heterocycles. The lowest BCUT2D eigenvalue weighted by atomic mass is 10.00. The summed E-state index contributed by atoms with van der Waals surface area (Å²) in [7, 11) is 0. The highest BCUT2D eigenvalue weighted by Crippen LogP contribution is 2.36. The number of amides is 1. The smallest absolute Gasteiger partial charge is 0.251 e. The molecule has 7 heteroatoms. The number of hydrogen-bond acceptors (Lipinski definition) is 5. The van der Waals surface area contributed by atoms with Gasteiger partial charge in [0.2, 0.25) is 5.91 Å². The second-order valence-corrected chi connectivity index (χ2v) is 8.71. The van der Waals surface area contributed by atoms with E-state index in [1.807, 2.05) is 61.2 Å². The fourth-order valence-electron chi connectivity index (χ4n) is 4.37. The van der Waals surface area contributed by atoms with Gasteiger partial charge in [0.05, 0.1) is 5.70 Å². The van der Waals surface area contributed by atoms with Gasteiger partial charge < -0.3 is 5.32 Å². The third-order valence-corrected chi connectivity index (χ3v) is 5.88. The highest BCUT2D eigenvalue weighted by Gasteiger charge is 2.31. The summed E-state index contributed by atoms with van der Waals surface area (Å²) >= 11 is 0. The molecule has 4 aromatic rings. The lowest BCUT2D eigenvalue weighted by molar-refractivity contribution is -0.114. The van der Waals surface area contributed by atoms with E-state index < -0.39 is 0 Å². The van der Waals surface area contributed by atoms with Crippen LogP contribution >= 0.6 is 0 Å². The Morgan fingerprint density at radius 2 is 1.62 bits per heavy atom. The number of fused-ring (bicyclic) bond motifs is 1. The quantitative estimate of drug-likeness (QED) is 0.478. The fourth-order valence-corrected chi connectivity index (χ4v) is 4.37. The number of nitrogens with zero attached hydrogens (tertiary/aromatic N) is 5. The topological polar surface area (TPSA) is 75.9 Å². The summed E-state index contributed by atoms with van der Waals surface area (Å²) in [5, 5.41) is 15.5. The van der Waals surface area contributed by atoms with E-state index in [2.05, 4.69) is 64.2 Å². The summed E-state index contributed by atoms with van der Waals surface area (Å²) in [5.41, 5.74) is 7.13. The SMILES string of the molecule is Cc1ccc([C@@H]2C=C(c3ccccc3)N(CC(=O)Nc3cc(C)cc(C)c3)c3nnnn32)cc1. The summed E-state index contributed by atoms with van der Waals surface area (Å²) in [6, 6.07) is 24.2. The van der Waals surface area contributed by atoms with Crippen LogP contribution in [0.4, 0.5) is 11.6 Å². The molecular formula is C27H26N6O. The monoisotopic (exact) mass is 450 g/mol. The Morgan fingerprint density at radius 1 is 0.912 bits per heavy atom. The number of rotatable bonds is 5. The summed E-state index contributed by atoms with van der Waals surface area (Å²) < 4.78 is 1.77. The Morgan fingerprint density at radius 3 is 2.32 bits per heavy atom. The molecule has 1 aliphatic rings. The van der Waals surface area contributed by atoms with Gasteiger partial charge in [0, 0.05) is 5.69 Å². The van der Waals surface area contributed by atoms with Crippen LogP contribution in [0, 0.1) is 20.8 Å². The molecule has 1 aromatic heterocycles. The fraction of sp³-hybridized carbons (Fsp3) is 0.185. The average Bonchev–Trinajstić information content (AvgIpc) is 3.30. The van der Waals surface area contributed by atoms with Gasteiger partial charge in [0.25, 0.3) is 5.95 Å². The van der Waals surface area contributed by atoms with Crippen LogP contribution in [-0.2, 0) is 4.79 Å². The lowest BCUT2D eigenvalue weighted by Gasteiger charge is -2.32. The van der Waals surface area contributed by atoms with Crippen molar-refractivity contribution in [2.24, 2.45) is 0 Å². The van der Waals surface area contributed by atoms with E-state index in [1.54, 1.807) is 4.68 Å².